The van der Waals surface area contributed by atoms with Crippen molar-refractivity contribution in [1.29, 1.82) is 5.26 Å². The Balaban J connectivity index is 2.03. The van der Waals surface area contributed by atoms with Gasteiger partial charge in [0.25, 0.3) is 5.91 Å². The highest BCUT2D eigenvalue weighted by atomic mass is 16.1. The first kappa shape index (κ1) is 13.4. The van der Waals surface area contributed by atoms with Crippen molar-refractivity contribution in [1.82, 2.24) is 15.3 Å². The van der Waals surface area contributed by atoms with Gasteiger partial charge in [0.15, 0.2) is 0 Å². The predicted octanol–water partition coefficient (Wildman–Crippen LogP) is 1.70. The van der Waals surface area contributed by atoms with Crippen LogP contribution in [-0.2, 0) is 11.3 Å². The van der Waals surface area contributed by atoms with Gasteiger partial charge < -0.3 is 5.32 Å². The predicted molar refractivity (Wildman–Crippen MR) is 73.9 cm³/mol. The maximum Gasteiger partial charge on any atom is 0.262 e. The van der Waals surface area contributed by atoms with Gasteiger partial charge in [-0.15, -0.1) is 0 Å². The van der Waals surface area contributed by atoms with E-state index < -0.39 is 5.91 Å². The van der Waals surface area contributed by atoms with E-state index in [4.69, 9.17) is 5.26 Å². The van der Waals surface area contributed by atoms with Crippen LogP contribution in [0.15, 0.2) is 54.6 Å². The molecule has 20 heavy (non-hydrogen) atoms. The van der Waals surface area contributed by atoms with Crippen molar-refractivity contribution in [2.75, 3.05) is 0 Å². The number of amides is 1. The molecule has 2 rings (SSSR count). The lowest BCUT2D eigenvalue weighted by Crippen LogP contribution is -2.23. The van der Waals surface area contributed by atoms with Gasteiger partial charge >= 0.3 is 0 Å². The van der Waals surface area contributed by atoms with Crippen LogP contribution < -0.4 is 5.32 Å². The molecular formula is C15H12N4O. The summed E-state index contributed by atoms with van der Waals surface area (Å²) < 4.78 is 0. The Morgan fingerprint density at radius 2 is 1.75 bits per heavy atom. The van der Waals surface area contributed by atoms with E-state index in [1.807, 2.05) is 6.07 Å². The third-order valence-corrected chi connectivity index (χ3v) is 2.58. The van der Waals surface area contributed by atoms with Crippen LogP contribution in [0.5, 0.6) is 0 Å². The molecule has 0 atom stereocenters. The number of hydrogen-bond donors (Lipinski definition) is 1. The van der Waals surface area contributed by atoms with Crippen LogP contribution in [0, 0.1) is 11.3 Å². The highest BCUT2D eigenvalue weighted by Gasteiger charge is 2.08. The summed E-state index contributed by atoms with van der Waals surface area (Å²) in [5.41, 5.74) is 1.75. The minimum Gasteiger partial charge on any atom is -0.347 e. The quantitative estimate of drug-likeness (QED) is 0.673. The Morgan fingerprint density at radius 3 is 2.35 bits per heavy atom. The summed E-state index contributed by atoms with van der Waals surface area (Å²) >= 11 is 0. The Bertz CT molecular complexity index is 645. The lowest BCUT2D eigenvalue weighted by molar-refractivity contribution is -0.117. The van der Waals surface area contributed by atoms with Crippen molar-refractivity contribution in [3.63, 3.8) is 0 Å². The summed E-state index contributed by atoms with van der Waals surface area (Å²) in [5.74, 6) is -0.402. The molecule has 2 aromatic heterocycles. The highest BCUT2D eigenvalue weighted by Crippen LogP contribution is 2.05. The second-order valence-electron chi connectivity index (χ2n) is 3.99. The smallest absolute Gasteiger partial charge is 0.262 e. The van der Waals surface area contributed by atoms with Gasteiger partial charge in [-0.2, -0.15) is 5.26 Å². The van der Waals surface area contributed by atoms with Gasteiger partial charge in [-0.1, -0.05) is 0 Å². The van der Waals surface area contributed by atoms with Crippen LogP contribution in [0.3, 0.4) is 0 Å². The van der Waals surface area contributed by atoms with E-state index in [2.05, 4.69) is 15.3 Å². The number of carbonyl (C=O) groups excluding carboxylic acids is 1. The van der Waals surface area contributed by atoms with Gasteiger partial charge in [0.05, 0.1) is 0 Å². The zero-order valence-electron chi connectivity index (χ0n) is 10.7. The molecular weight excluding hydrogens is 252 g/mol. The molecule has 5 nitrogen and oxygen atoms in total. The molecule has 0 fully saturated rings. The van der Waals surface area contributed by atoms with Crippen molar-refractivity contribution in [3.8, 4) is 6.07 Å². The highest BCUT2D eigenvalue weighted by molar-refractivity contribution is 6.01. The molecule has 0 saturated heterocycles. The molecule has 0 saturated carbocycles. The molecule has 2 aromatic rings. The van der Waals surface area contributed by atoms with E-state index in [1.165, 1.54) is 6.08 Å². The first-order chi connectivity index (χ1) is 9.79. The van der Waals surface area contributed by atoms with Crippen LogP contribution in [0.1, 0.15) is 11.1 Å². The zero-order valence-corrected chi connectivity index (χ0v) is 10.7. The Morgan fingerprint density at radius 1 is 1.15 bits per heavy atom. The molecule has 0 aliphatic heterocycles. The normalized spacial score (nSPS) is 10.7. The minimum absolute atomic E-state index is 0.0604. The largest absolute Gasteiger partial charge is 0.347 e. The van der Waals surface area contributed by atoms with E-state index in [9.17, 15) is 4.79 Å². The molecule has 5 heteroatoms. The van der Waals surface area contributed by atoms with E-state index in [1.54, 1.807) is 49.1 Å². The number of nitrogens with zero attached hydrogens (tertiary/aromatic N) is 3. The summed E-state index contributed by atoms with van der Waals surface area (Å²) in [6.07, 6.45) is 8.05. The molecule has 0 spiro atoms. The molecule has 98 valence electrons. The van der Waals surface area contributed by atoms with Crippen molar-refractivity contribution in [2.24, 2.45) is 0 Å². The second kappa shape index (κ2) is 6.81. The average Bonchev–Trinajstić information content (AvgIpc) is 2.52. The molecule has 0 aliphatic carbocycles. The Hall–Kier alpha value is -3.00. The summed E-state index contributed by atoms with van der Waals surface area (Å²) in [6.45, 7) is 0.358. The maximum absolute atomic E-state index is 11.9. The van der Waals surface area contributed by atoms with Gasteiger partial charge in [0.1, 0.15) is 11.6 Å². The number of nitriles is 1. The summed E-state index contributed by atoms with van der Waals surface area (Å²) in [4.78, 5) is 19.7. The van der Waals surface area contributed by atoms with Crippen LogP contribution in [-0.4, -0.2) is 15.9 Å². The molecule has 0 radical (unpaired) electrons. The Labute approximate surface area is 116 Å². The van der Waals surface area contributed by atoms with E-state index in [0.29, 0.717) is 6.54 Å². The minimum atomic E-state index is -0.402. The third-order valence-electron chi connectivity index (χ3n) is 2.58. The molecule has 2 heterocycles. The monoisotopic (exact) mass is 264 g/mol. The lowest BCUT2D eigenvalue weighted by Gasteiger charge is -2.04. The van der Waals surface area contributed by atoms with E-state index in [-0.39, 0.29) is 5.57 Å². The van der Waals surface area contributed by atoms with Crippen molar-refractivity contribution in [2.45, 2.75) is 6.54 Å². The van der Waals surface area contributed by atoms with Gasteiger partial charge in [-0.25, -0.2) is 0 Å². The lowest BCUT2D eigenvalue weighted by atomic mass is 10.1. The van der Waals surface area contributed by atoms with E-state index in [0.717, 1.165) is 11.1 Å². The third kappa shape index (κ3) is 3.75. The number of carbonyl (C=O) groups is 1. The van der Waals surface area contributed by atoms with Crippen molar-refractivity contribution < 1.29 is 4.79 Å². The molecule has 1 amide bonds. The van der Waals surface area contributed by atoms with Gasteiger partial charge in [0.2, 0.25) is 0 Å². The first-order valence-corrected chi connectivity index (χ1v) is 5.98. The van der Waals surface area contributed by atoms with Crippen LogP contribution in [0.25, 0.3) is 6.08 Å². The molecule has 1 N–H and O–H groups in total. The van der Waals surface area contributed by atoms with Crippen LogP contribution in [0.2, 0.25) is 0 Å². The number of pyridine rings is 2. The van der Waals surface area contributed by atoms with Crippen molar-refractivity contribution >= 4 is 12.0 Å². The summed E-state index contributed by atoms with van der Waals surface area (Å²) in [5, 5.41) is 11.7. The fraction of sp³-hybridized carbons (Fsp3) is 0.0667. The standard InChI is InChI=1S/C15H12N4O/c16-10-14(9-12-1-5-17-6-2-12)15(20)19-11-13-3-7-18-8-4-13/h1-9H,11H2,(H,19,20)/b14-9+. The van der Waals surface area contributed by atoms with Crippen LogP contribution >= 0.6 is 0 Å². The van der Waals surface area contributed by atoms with Crippen LogP contribution in [0.4, 0.5) is 0 Å². The summed E-state index contributed by atoms with van der Waals surface area (Å²) in [7, 11) is 0. The topological polar surface area (TPSA) is 78.7 Å². The fourth-order valence-corrected chi connectivity index (χ4v) is 1.55. The number of nitrogens with one attached hydrogen (secondary N) is 1. The van der Waals surface area contributed by atoms with Gasteiger partial charge in [0, 0.05) is 31.3 Å². The van der Waals surface area contributed by atoms with E-state index >= 15 is 0 Å². The van der Waals surface area contributed by atoms with Crippen molar-refractivity contribution in [3.05, 3.63) is 65.8 Å². The van der Waals surface area contributed by atoms with Gasteiger partial charge in [-0.3, -0.25) is 14.8 Å². The zero-order chi connectivity index (χ0) is 14.2. The number of hydrogen-bond acceptors (Lipinski definition) is 4. The maximum atomic E-state index is 11.9. The van der Waals surface area contributed by atoms with Gasteiger partial charge in [-0.05, 0) is 41.5 Å². The molecule has 0 aliphatic rings. The average molecular weight is 264 g/mol. The first-order valence-electron chi connectivity index (χ1n) is 5.98. The number of rotatable bonds is 4. The molecule has 0 aromatic carbocycles. The molecule has 0 unspecified atom stereocenters. The summed E-state index contributed by atoms with van der Waals surface area (Å²) in [6, 6.07) is 8.97. The SMILES string of the molecule is N#C/C(=C\c1ccncc1)C(=O)NCc1ccncc1. The second-order valence-corrected chi connectivity index (χ2v) is 3.99. The number of aromatic nitrogens is 2. The Kier molecular flexibility index (Phi) is 4.57. The fourth-order valence-electron chi connectivity index (χ4n) is 1.55. The molecule has 0 bridgehead atoms.